The van der Waals surface area contributed by atoms with Crippen molar-refractivity contribution < 1.29 is 0 Å². The molecule has 0 radical (unpaired) electrons. The molecule has 0 fully saturated rings. The summed E-state index contributed by atoms with van der Waals surface area (Å²) in [5, 5.41) is 2.37. The molecule has 2 aromatic heterocycles. The number of hydrogen-bond donors (Lipinski definition) is 0. The van der Waals surface area contributed by atoms with Crippen molar-refractivity contribution in [3.8, 4) is 28.2 Å². The van der Waals surface area contributed by atoms with E-state index in [4.69, 9.17) is 6.57 Å². The van der Waals surface area contributed by atoms with Crippen LogP contribution in [0.25, 0.3) is 54.9 Å². The van der Waals surface area contributed by atoms with E-state index in [1.54, 1.807) is 0 Å². The first-order valence-electron chi connectivity index (χ1n) is 12.3. The summed E-state index contributed by atoms with van der Waals surface area (Å²) < 4.78 is 2.27. The van der Waals surface area contributed by atoms with Crippen LogP contribution in [0, 0.1) is 34.3 Å². The number of para-hydroxylation sites is 1. The number of aromatic nitrogens is 4. The SMILES string of the molecule is [C-]#[N+]c1ccc(-n2c3ccccc3c3ccc(-c4ccc(C)cc4C)cc32)cc1-c1nc(C)nc(C)n1. The number of nitrogens with zero attached hydrogens (tertiary/aromatic N) is 5. The molecule has 0 N–H and O–H groups in total. The zero-order valence-electron chi connectivity index (χ0n) is 21.2. The normalized spacial score (nSPS) is 11.2. The van der Waals surface area contributed by atoms with Crippen LogP contribution >= 0.6 is 0 Å². The fraction of sp³-hybridized carbons (Fsp3) is 0.125. The molecule has 5 nitrogen and oxygen atoms in total. The molecule has 178 valence electrons. The standard InChI is InChI=1S/C32H25N5/c1-19-10-13-25(20(2)16-19)23-11-14-27-26-8-6-7-9-30(26)37(31(27)17-23)24-12-15-29(33-5)28(18-24)32-35-21(3)34-22(4)36-32/h6-18H,1-4H3. The third-order valence-electron chi connectivity index (χ3n) is 6.83. The Morgan fingerprint density at radius 2 is 1.43 bits per heavy atom. The maximum absolute atomic E-state index is 7.75. The van der Waals surface area contributed by atoms with Crippen LogP contribution in [0.2, 0.25) is 0 Å². The van der Waals surface area contributed by atoms with E-state index in [1.807, 2.05) is 32.0 Å². The topological polar surface area (TPSA) is 48.0 Å². The van der Waals surface area contributed by atoms with Gasteiger partial charge in [0.25, 0.3) is 0 Å². The Bertz CT molecular complexity index is 1870. The Morgan fingerprint density at radius 3 is 2.19 bits per heavy atom. The molecule has 0 aliphatic heterocycles. The molecule has 0 aliphatic carbocycles. The van der Waals surface area contributed by atoms with Gasteiger partial charge in [0.2, 0.25) is 0 Å². The summed E-state index contributed by atoms with van der Waals surface area (Å²) in [4.78, 5) is 17.2. The van der Waals surface area contributed by atoms with E-state index in [0.29, 0.717) is 28.7 Å². The summed E-state index contributed by atoms with van der Waals surface area (Å²) in [7, 11) is 0. The largest absolute Gasteiger partial charge is 0.309 e. The molecule has 2 heterocycles. The van der Waals surface area contributed by atoms with Gasteiger partial charge in [0.1, 0.15) is 11.6 Å². The quantitative estimate of drug-likeness (QED) is 0.241. The van der Waals surface area contributed by atoms with E-state index >= 15 is 0 Å². The molecule has 37 heavy (non-hydrogen) atoms. The maximum Gasteiger partial charge on any atom is 0.198 e. The van der Waals surface area contributed by atoms with Gasteiger partial charge in [0.05, 0.1) is 17.6 Å². The zero-order valence-corrected chi connectivity index (χ0v) is 21.2. The Morgan fingerprint density at radius 1 is 0.676 bits per heavy atom. The van der Waals surface area contributed by atoms with Gasteiger partial charge in [-0.2, -0.15) is 0 Å². The summed E-state index contributed by atoms with van der Waals surface area (Å²) in [6.45, 7) is 15.7. The minimum absolute atomic E-state index is 0.519. The summed E-state index contributed by atoms with van der Waals surface area (Å²) in [5.74, 6) is 1.80. The van der Waals surface area contributed by atoms with E-state index in [9.17, 15) is 0 Å². The Balaban J connectivity index is 1.64. The molecule has 0 atom stereocenters. The fourth-order valence-electron chi connectivity index (χ4n) is 5.23. The average molecular weight is 480 g/mol. The van der Waals surface area contributed by atoms with E-state index in [1.165, 1.54) is 33.0 Å². The monoisotopic (exact) mass is 479 g/mol. The summed E-state index contributed by atoms with van der Waals surface area (Å²) in [6.07, 6.45) is 0. The van der Waals surface area contributed by atoms with Crippen LogP contribution in [0.15, 0.2) is 78.9 Å². The van der Waals surface area contributed by atoms with Crippen LogP contribution in [-0.4, -0.2) is 19.5 Å². The molecule has 6 aromatic rings. The Kier molecular flexibility index (Phi) is 5.31. The minimum atomic E-state index is 0.519. The highest BCUT2D eigenvalue weighted by Gasteiger charge is 2.17. The van der Waals surface area contributed by atoms with Crippen LogP contribution in [0.4, 0.5) is 5.69 Å². The number of aryl methyl sites for hydroxylation is 4. The van der Waals surface area contributed by atoms with Crippen LogP contribution in [0.1, 0.15) is 22.8 Å². The molecule has 5 heteroatoms. The lowest BCUT2D eigenvalue weighted by molar-refractivity contribution is 0.929. The fourth-order valence-corrected chi connectivity index (χ4v) is 5.23. The highest BCUT2D eigenvalue weighted by Crippen LogP contribution is 2.38. The number of benzene rings is 4. The molecule has 4 aromatic carbocycles. The smallest absolute Gasteiger partial charge is 0.198 e. The first kappa shape index (κ1) is 22.6. The Hall–Kier alpha value is -4.82. The van der Waals surface area contributed by atoms with Gasteiger partial charge < -0.3 is 4.57 Å². The molecule has 0 amide bonds. The van der Waals surface area contributed by atoms with Gasteiger partial charge in [0, 0.05) is 22.0 Å². The van der Waals surface area contributed by atoms with E-state index < -0.39 is 0 Å². The minimum Gasteiger partial charge on any atom is -0.309 e. The molecule has 0 saturated carbocycles. The van der Waals surface area contributed by atoms with Gasteiger partial charge >= 0.3 is 0 Å². The second-order valence-electron chi connectivity index (χ2n) is 9.47. The van der Waals surface area contributed by atoms with E-state index in [0.717, 1.165) is 16.7 Å². The first-order chi connectivity index (χ1) is 17.9. The van der Waals surface area contributed by atoms with E-state index in [-0.39, 0.29) is 0 Å². The van der Waals surface area contributed by atoms with Crippen molar-refractivity contribution in [3.05, 3.63) is 113 Å². The van der Waals surface area contributed by atoms with Gasteiger partial charge in [-0.15, -0.1) is 0 Å². The van der Waals surface area contributed by atoms with Crippen LogP contribution in [0.5, 0.6) is 0 Å². The van der Waals surface area contributed by atoms with Crippen molar-refractivity contribution in [2.24, 2.45) is 0 Å². The second kappa shape index (κ2) is 8.69. The predicted octanol–water partition coefficient (Wildman–Crippen LogP) is 8.09. The van der Waals surface area contributed by atoms with E-state index in [2.05, 4.69) is 98.9 Å². The van der Waals surface area contributed by atoms with Crippen molar-refractivity contribution in [2.45, 2.75) is 27.7 Å². The van der Waals surface area contributed by atoms with Crippen LogP contribution < -0.4 is 0 Å². The zero-order chi connectivity index (χ0) is 25.7. The highest BCUT2D eigenvalue weighted by molar-refractivity contribution is 6.10. The third kappa shape index (κ3) is 3.84. The molecular formula is C32H25N5. The number of fused-ring (bicyclic) bond motifs is 3. The lowest BCUT2D eigenvalue weighted by Crippen LogP contribution is -2.00. The first-order valence-corrected chi connectivity index (χ1v) is 12.3. The van der Waals surface area contributed by atoms with Crippen molar-refractivity contribution in [1.29, 1.82) is 0 Å². The summed E-state index contributed by atoms with van der Waals surface area (Å²) in [6, 6.07) is 27.6. The van der Waals surface area contributed by atoms with Crippen molar-refractivity contribution >= 4 is 27.5 Å². The second-order valence-corrected chi connectivity index (χ2v) is 9.47. The molecular weight excluding hydrogens is 454 g/mol. The third-order valence-corrected chi connectivity index (χ3v) is 6.83. The number of rotatable bonds is 3. The predicted molar refractivity (Wildman–Crippen MR) is 150 cm³/mol. The molecule has 0 spiro atoms. The van der Waals surface area contributed by atoms with Crippen molar-refractivity contribution in [2.75, 3.05) is 0 Å². The lowest BCUT2D eigenvalue weighted by Gasteiger charge is -2.13. The average Bonchev–Trinajstić information content (AvgIpc) is 3.21. The Labute approximate surface area is 215 Å². The van der Waals surface area contributed by atoms with Gasteiger partial charge in [-0.1, -0.05) is 60.2 Å². The van der Waals surface area contributed by atoms with Crippen LogP contribution in [-0.2, 0) is 0 Å². The molecule has 0 saturated heterocycles. The van der Waals surface area contributed by atoms with Crippen molar-refractivity contribution in [3.63, 3.8) is 0 Å². The summed E-state index contributed by atoms with van der Waals surface area (Å²) >= 11 is 0. The molecule has 0 bridgehead atoms. The van der Waals surface area contributed by atoms with Gasteiger partial charge in [-0.05, 0) is 68.7 Å². The molecule has 0 unspecified atom stereocenters. The van der Waals surface area contributed by atoms with Gasteiger partial charge in [0.15, 0.2) is 11.5 Å². The highest BCUT2D eigenvalue weighted by atomic mass is 15.0. The van der Waals surface area contributed by atoms with Crippen molar-refractivity contribution in [1.82, 2.24) is 19.5 Å². The number of hydrogen-bond acceptors (Lipinski definition) is 3. The maximum atomic E-state index is 7.75. The molecule has 0 aliphatic rings. The summed E-state index contributed by atoms with van der Waals surface area (Å²) in [5.41, 5.74) is 9.33. The van der Waals surface area contributed by atoms with Gasteiger partial charge in [-0.25, -0.2) is 19.8 Å². The molecule has 6 rings (SSSR count). The van der Waals surface area contributed by atoms with Gasteiger partial charge in [-0.3, -0.25) is 0 Å². The lowest BCUT2D eigenvalue weighted by atomic mass is 9.98. The van der Waals surface area contributed by atoms with Crippen LogP contribution in [0.3, 0.4) is 0 Å².